The molecule has 0 bridgehead atoms. The lowest BCUT2D eigenvalue weighted by Crippen LogP contribution is -2.70. The molecule has 1 aliphatic rings. The number of hydrogen-bond acceptors (Lipinski definition) is 12. The number of ether oxygens (including phenoxy) is 6. The average molecular weight is 650 g/mol. The highest BCUT2D eigenvalue weighted by molar-refractivity contribution is 6.67. The molecule has 13 nitrogen and oxygen atoms in total. The van der Waals surface area contributed by atoms with E-state index >= 15 is 0 Å². The van der Waals surface area contributed by atoms with Crippen LogP contribution in [0, 0.1) is 5.92 Å². The van der Waals surface area contributed by atoms with Crippen molar-refractivity contribution in [1.82, 2.24) is 10.6 Å². The summed E-state index contributed by atoms with van der Waals surface area (Å²) in [7, 11) is 0. The highest BCUT2D eigenvalue weighted by Crippen LogP contribution is 2.29. The Morgan fingerprint density at radius 2 is 1.44 bits per heavy atom. The van der Waals surface area contributed by atoms with E-state index in [1.165, 1.54) is 0 Å². The third-order valence-corrected chi connectivity index (χ3v) is 5.49. The van der Waals surface area contributed by atoms with E-state index in [0.717, 1.165) is 20.8 Å². The number of alkyl halides is 3. The Morgan fingerprint density at radius 3 is 1.90 bits per heavy atom. The predicted octanol–water partition coefficient (Wildman–Crippen LogP) is 2.95. The molecular formula is C25H39Cl3N2O11. The third-order valence-electron chi connectivity index (χ3n) is 5.16. The van der Waals surface area contributed by atoms with E-state index in [2.05, 4.69) is 10.6 Å². The second-order valence-corrected chi connectivity index (χ2v) is 13.3. The van der Waals surface area contributed by atoms with Crippen molar-refractivity contribution in [3.63, 3.8) is 0 Å². The second-order valence-electron chi connectivity index (χ2n) is 10.8. The first-order valence-electron chi connectivity index (χ1n) is 12.8. The van der Waals surface area contributed by atoms with Crippen molar-refractivity contribution >= 4 is 64.8 Å². The Kier molecular flexibility index (Phi) is 14.4. The predicted molar refractivity (Wildman–Crippen MR) is 147 cm³/mol. The molecule has 0 spiro atoms. The molecule has 0 saturated carbocycles. The fraction of sp³-hybridized carbons (Fsp3) is 0.800. The number of hydrogen-bond donors (Lipinski definition) is 2. The first-order valence-corrected chi connectivity index (χ1v) is 13.9. The number of carbonyl (C=O) groups excluding carboxylic acids is 5. The SMILES string of the molecule is CC(=O)OC[C@H]1O[C@@H](N[C@@H](CC(C)C)C(=O)OC(C)(C)C)[C@H](NC(=O)OCC(Cl)(Cl)Cl)[C@@H](OC(C)=O)[C@@H]1OC(C)=O. The topological polar surface area (TPSA) is 165 Å². The minimum Gasteiger partial charge on any atom is -0.463 e. The van der Waals surface area contributed by atoms with Gasteiger partial charge in [0.25, 0.3) is 0 Å². The summed E-state index contributed by atoms with van der Waals surface area (Å²) in [5, 5.41) is 5.49. The van der Waals surface area contributed by atoms with E-state index in [4.69, 9.17) is 63.2 Å². The van der Waals surface area contributed by atoms with Crippen molar-refractivity contribution in [1.29, 1.82) is 0 Å². The summed E-state index contributed by atoms with van der Waals surface area (Å²) in [4.78, 5) is 61.7. The van der Waals surface area contributed by atoms with Gasteiger partial charge in [-0.25, -0.2) is 4.79 Å². The lowest BCUT2D eigenvalue weighted by atomic mass is 9.94. The maximum atomic E-state index is 13.2. The molecule has 1 rings (SSSR count). The van der Waals surface area contributed by atoms with Crippen molar-refractivity contribution in [3.05, 3.63) is 0 Å². The van der Waals surface area contributed by atoms with Gasteiger partial charge in [0.15, 0.2) is 12.2 Å². The standard InChI is InChI=1S/C25H39Cl3N2O11/c1-12(2)9-16(22(34)41-24(6,7)8)29-21-18(30-23(35)37-11-25(26,27)28)20(39-15(5)33)19(38-14(4)32)17(40-21)10-36-13(3)31/h12,16-21,29H,9-11H2,1-8H3,(H,30,35)/t16-,17+,18+,19+,20+,21+/m0/s1. The lowest BCUT2D eigenvalue weighted by molar-refractivity contribution is -0.229. The van der Waals surface area contributed by atoms with Gasteiger partial charge in [0, 0.05) is 20.8 Å². The summed E-state index contributed by atoms with van der Waals surface area (Å²) in [5.41, 5.74) is -0.821. The molecular weight excluding hydrogens is 611 g/mol. The van der Waals surface area contributed by atoms with E-state index in [-0.39, 0.29) is 12.3 Å². The number of esters is 4. The molecule has 41 heavy (non-hydrogen) atoms. The maximum Gasteiger partial charge on any atom is 0.407 e. The first kappa shape index (κ1) is 37.0. The van der Waals surface area contributed by atoms with E-state index < -0.39 is 89.2 Å². The maximum absolute atomic E-state index is 13.2. The van der Waals surface area contributed by atoms with Crippen molar-refractivity contribution in [3.8, 4) is 0 Å². The number of rotatable bonds is 11. The number of halogens is 3. The van der Waals surface area contributed by atoms with E-state index in [1.807, 2.05) is 13.8 Å². The zero-order valence-electron chi connectivity index (χ0n) is 24.3. The number of amides is 1. The molecule has 0 aromatic rings. The quantitative estimate of drug-likeness (QED) is 0.191. The fourth-order valence-corrected chi connectivity index (χ4v) is 4.00. The highest BCUT2D eigenvalue weighted by atomic mass is 35.6. The van der Waals surface area contributed by atoms with Crippen molar-refractivity contribution < 1.29 is 52.4 Å². The van der Waals surface area contributed by atoms with Crippen molar-refractivity contribution in [2.45, 2.75) is 108 Å². The summed E-state index contributed by atoms with van der Waals surface area (Å²) in [5.74, 6) is -2.86. The molecule has 0 aromatic carbocycles. The van der Waals surface area contributed by atoms with Gasteiger partial charge < -0.3 is 33.7 Å². The van der Waals surface area contributed by atoms with Gasteiger partial charge in [0.05, 0.1) is 0 Å². The van der Waals surface area contributed by atoms with Gasteiger partial charge in [0.2, 0.25) is 3.79 Å². The van der Waals surface area contributed by atoms with Gasteiger partial charge in [0.1, 0.15) is 43.2 Å². The molecule has 16 heteroatoms. The normalized spacial score (nSPS) is 23.7. The monoisotopic (exact) mass is 648 g/mol. The summed E-state index contributed by atoms with van der Waals surface area (Å²) in [6.07, 6.45) is -6.10. The fourth-order valence-electron chi connectivity index (χ4n) is 3.84. The smallest absolute Gasteiger partial charge is 0.407 e. The molecule has 0 unspecified atom stereocenters. The largest absolute Gasteiger partial charge is 0.463 e. The highest BCUT2D eigenvalue weighted by Gasteiger charge is 2.52. The zero-order chi connectivity index (χ0) is 31.7. The molecule has 236 valence electrons. The Labute approximate surface area is 254 Å². The van der Waals surface area contributed by atoms with Gasteiger partial charge in [-0.1, -0.05) is 48.7 Å². The van der Waals surface area contributed by atoms with Crippen LogP contribution in [0.25, 0.3) is 0 Å². The van der Waals surface area contributed by atoms with Gasteiger partial charge in [-0.3, -0.25) is 24.5 Å². The molecule has 2 N–H and O–H groups in total. The first-order chi connectivity index (χ1) is 18.7. The molecule has 1 amide bonds. The van der Waals surface area contributed by atoms with Crippen LogP contribution < -0.4 is 10.6 Å². The van der Waals surface area contributed by atoms with E-state index in [9.17, 15) is 24.0 Å². The van der Waals surface area contributed by atoms with Crippen LogP contribution >= 0.6 is 34.8 Å². The Balaban J connectivity index is 3.58. The number of carbonyl (C=O) groups is 5. The summed E-state index contributed by atoms with van der Waals surface area (Å²) >= 11 is 17.0. The van der Waals surface area contributed by atoms with Crippen LogP contribution in [-0.2, 0) is 47.6 Å². The summed E-state index contributed by atoms with van der Waals surface area (Å²) in [6, 6.07) is -2.31. The Bertz CT molecular complexity index is 937. The lowest BCUT2D eigenvalue weighted by Gasteiger charge is -2.46. The molecule has 0 aliphatic carbocycles. The minimum atomic E-state index is -1.93. The van der Waals surface area contributed by atoms with Crippen LogP contribution in [0.2, 0.25) is 0 Å². The number of alkyl carbamates (subject to hydrolysis) is 1. The minimum absolute atomic E-state index is 0.000765. The molecule has 1 aliphatic heterocycles. The molecule has 1 saturated heterocycles. The van der Waals surface area contributed by atoms with E-state index in [1.54, 1.807) is 20.8 Å². The molecule has 6 atom stereocenters. The van der Waals surface area contributed by atoms with Crippen LogP contribution in [0.15, 0.2) is 0 Å². The Morgan fingerprint density at radius 1 is 0.878 bits per heavy atom. The van der Waals surface area contributed by atoms with Crippen molar-refractivity contribution in [2.24, 2.45) is 5.92 Å². The molecule has 1 fully saturated rings. The molecule has 0 radical (unpaired) electrons. The second kappa shape index (κ2) is 16.0. The average Bonchev–Trinajstić information content (AvgIpc) is 2.77. The van der Waals surface area contributed by atoms with Crippen molar-refractivity contribution in [2.75, 3.05) is 13.2 Å². The third kappa shape index (κ3) is 14.6. The van der Waals surface area contributed by atoms with Crippen LogP contribution in [0.5, 0.6) is 0 Å². The van der Waals surface area contributed by atoms with Crippen LogP contribution in [0.3, 0.4) is 0 Å². The van der Waals surface area contributed by atoms with Gasteiger partial charge in [-0.15, -0.1) is 0 Å². The Hall–Kier alpha value is -2.06. The summed E-state index contributed by atoms with van der Waals surface area (Å²) in [6.45, 7) is 11.2. The van der Waals surface area contributed by atoms with Gasteiger partial charge in [-0.2, -0.15) is 0 Å². The summed E-state index contributed by atoms with van der Waals surface area (Å²) < 4.78 is 30.7. The van der Waals surface area contributed by atoms with Crippen LogP contribution in [-0.4, -0.2) is 89.2 Å². The molecule has 0 aromatic heterocycles. The van der Waals surface area contributed by atoms with Crippen LogP contribution in [0.1, 0.15) is 61.8 Å². The number of nitrogens with one attached hydrogen (secondary N) is 2. The zero-order valence-corrected chi connectivity index (χ0v) is 26.6. The van der Waals surface area contributed by atoms with E-state index in [0.29, 0.717) is 0 Å². The molecule has 1 heterocycles. The van der Waals surface area contributed by atoms with Crippen LogP contribution in [0.4, 0.5) is 4.79 Å². The van der Waals surface area contributed by atoms with Gasteiger partial charge >= 0.3 is 30.0 Å². The van der Waals surface area contributed by atoms with Gasteiger partial charge in [-0.05, 0) is 33.1 Å².